The van der Waals surface area contributed by atoms with Gasteiger partial charge in [-0.3, -0.25) is 9.59 Å². The fourth-order valence-corrected chi connectivity index (χ4v) is 2.68. The summed E-state index contributed by atoms with van der Waals surface area (Å²) in [5, 5.41) is 2.80. The third-order valence-electron chi connectivity index (χ3n) is 3.03. The van der Waals surface area contributed by atoms with Gasteiger partial charge in [0.1, 0.15) is 0 Å². The Labute approximate surface area is 134 Å². The zero-order valence-corrected chi connectivity index (χ0v) is 13.2. The fraction of sp³-hybridized carbons (Fsp3) is 0.176. The molecule has 2 rings (SSSR count). The quantitative estimate of drug-likeness (QED) is 0.633. The smallest absolute Gasteiger partial charge is 0.234 e. The molecule has 3 N–H and O–H groups in total. The van der Waals surface area contributed by atoms with E-state index in [-0.39, 0.29) is 11.7 Å². The third kappa shape index (κ3) is 4.93. The summed E-state index contributed by atoms with van der Waals surface area (Å²) < 4.78 is 0. The lowest BCUT2D eigenvalue weighted by molar-refractivity contribution is -0.113. The monoisotopic (exact) mass is 314 g/mol. The van der Waals surface area contributed by atoms with E-state index >= 15 is 0 Å². The lowest BCUT2D eigenvalue weighted by atomic mass is 10.1. The van der Waals surface area contributed by atoms with E-state index in [1.165, 1.54) is 18.7 Å². The van der Waals surface area contributed by atoms with Gasteiger partial charge < -0.3 is 11.1 Å². The first-order chi connectivity index (χ1) is 10.5. The number of carbonyl (C=O) groups is 2. The highest BCUT2D eigenvalue weighted by Gasteiger charge is 2.05. The average molecular weight is 314 g/mol. The van der Waals surface area contributed by atoms with Gasteiger partial charge in [0.15, 0.2) is 5.78 Å². The summed E-state index contributed by atoms with van der Waals surface area (Å²) in [6.07, 6.45) is 0. The minimum atomic E-state index is -0.0823. The molecule has 114 valence electrons. The molecule has 0 aliphatic rings. The van der Waals surface area contributed by atoms with Gasteiger partial charge in [-0.1, -0.05) is 24.3 Å². The zero-order valence-electron chi connectivity index (χ0n) is 12.3. The first-order valence-corrected chi connectivity index (χ1v) is 8.03. The number of amides is 1. The van der Waals surface area contributed by atoms with Crippen LogP contribution in [-0.4, -0.2) is 17.4 Å². The Morgan fingerprint density at radius 2 is 1.86 bits per heavy atom. The molecule has 0 heterocycles. The SMILES string of the molecule is CC(=O)c1cccc(NC(=O)CSCc2ccc(N)cc2)c1. The number of nitrogens with two attached hydrogens (primary N) is 1. The molecule has 0 saturated heterocycles. The lowest BCUT2D eigenvalue weighted by Gasteiger charge is -2.06. The molecule has 5 heteroatoms. The number of hydrogen-bond acceptors (Lipinski definition) is 4. The van der Waals surface area contributed by atoms with Gasteiger partial charge in [-0.15, -0.1) is 11.8 Å². The van der Waals surface area contributed by atoms with Crippen LogP contribution in [0.3, 0.4) is 0 Å². The van der Waals surface area contributed by atoms with E-state index in [0.29, 0.717) is 17.0 Å². The predicted molar refractivity (Wildman–Crippen MR) is 92.1 cm³/mol. The van der Waals surface area contributed by atoms with Crippen LogP contribution < -0.4 is 11.1 Å². The van der Waals surface area contributed by atoms with Crippen LogP contribution >= 0.6 is 11.8 Å². The van der Waals surface area contributed by atoms with Crippen LogP contribution in [0.2, 0.25) is 0 Å². The van der Waals surface area contributed by atoms with Crippen LogP contribution in [0.1, 0.15) is 22.8 Å². The van der Waals surface area contributed by atoms with Gasteiger partial charge >= 0.3 is 0 Å². The lowest BCUT2D eigenvalue weighted by Crippen LogP contribution is -2.14. The van der Waals surface area contributed by atoms with Crippen LogP contribution in [0, 0.1) is 0 Å². The maximum absolute atomic E-state index is 11.9. The number of nitrogens with one attached hydrogen (secondary N) is 1. The summed E-state index contributed by atoms with van der Waals surface area (Å²) in [5.41, 5.74) is 8.73. The van der Waals surface area contributed by atoms with Crippen molar-refractivity contribution in [2.45, 2.75) is 12.7 Å². The summed E-state index contributed by atoms with van der Waals surface area (Å²) >= 11 is 1.53. The van der Waals surface area contributed by atoms with Crippen LogP contribution in [0.4, 0.5) is 11.4 Å². The summed E-state index contributed by atoms with van der Waals surface area (Å²) in [6.45, 7) is 1.50. The van der Waals surface area contributed by atoms with E-state index in [1.54, 1.807) is 24.3 Å². The van der Waals surface area contributed by atoms with Gasteiger partial charge in [0, 0.05) is 22.7 Å². The van der Waals surface area contributed by atoms with E-state index in [0.717, 1.165) is 17.0 Å². The maximum Gasteiger partial charge on any atom is 0.234 e. The molecule has 0 unspecified atom stereocenters. The Hall–Kier alpha value is -2.27. The van der Waals surface area contributed by atoms with Crippen molar-refractivity contribution < 1.29 is 9.59 Å². The van der Waals surface area contributed by atoms with E-state index in [9.17, 15) is 9.59 Å². The second kappa shape index (κ2) is 7.66. The van der Waals surface area contributed by atoms with Crippen molar-refractivity contribution in [3.63, 3.8) is 0 Å². The largest absolute Gasteiger partial charge is 0.399 e. The van der Waals surface area contributed by atoms with Crippen molar-refractivity contribution in [1.82, 2.24) is 0 Å². The Kier molecular flexibility index (Phi) is 5.61. The van der Waals surface area contributed by atoms with E-state index in [1.807, 2.05) is 24.3 Å². The normalized spacial score (nSPS) is 10.2. The van der Waals surface area contributed by atoms with Crippen molar-refractivity contribution in [3.8, 4) is 0 Å². The van der Waals surface area contributed by atoms with Crippen molar-refractivity contribution >= 4 is 34.8 Å². The molecule has 0 spiro atoms. The Bertz CT molecular complexity index is 669. The van der Waals surface area contributed by atoms with Gasteiger partial charge in [-0.25, -0.2) is 0 Å². The number of thioether (sulfide) groups is 1. The van der Waals surface area contributed by atoms with Gasteiger partial charge in [0.25, 0.3) is 0 Å². The molecule has 0 atom stereocenters. The Balaban J connectivity index is 1.81. The van der Waals surface area contributed by atoms with Crippen LogP contribution in [0.15, 0.2) is 48.5 Å². The van der Waals surface area contributed by atoms with Crippen molar-refractivity contribution in [2.24, 2.45) is 0 Å². The number of ketones is 1. The van der Waals surface area contributed by atoms with E-state index < -0.39 is 0 Å². The van der Waals surface area contributed by atoms with Gasteiger partial charge in [0.2, 0.25) is 5.91 Å². The number of Topliss-reactive ketones (excluding diaryl/α,β-unsaturated/α-hetero) is 1. The molecular weight excluding hydrogens is 296 g/mol. The van der Waals surface area contributed by atoms with Crippen molar-refractivity contribution in [1.29, 1.82) is 0 Å². The molecule has 0 aliphatic heterocycles. The number of rotatable bonds is 6. The summed E-state index contributed by atoms with van der Waals surface area (Å²) in [6, 6.07) is 14.6. The predicted octanol–water partition coefficient (Wildman–Crippen LogP) is 3.34. The number of anilines is 2. The van der Waals surface area contributed by atoms with Crippen LogP contribution in [0.25, 0.3) is 0 Å². The molecule has 0 aromatic heterocycles. The highest BCUT2D eigenvalue weighted by atomic mass is 32.2. The molecule has 2 aromatic carbocycles. The van der Waals surface area contributed by atoms with Crippen LogP contribution in [-0.2, 0) is 10.5 Å². The minimum Gasteiger partial charge on any atom is -0.399 e. The van der Waals surface area contributed by atoms with Gasteiger partial charge in [-0.05, 0) is 36.8 Å². The molecule has 0 saturated carbocycles. The number of nitrogen functional groups attached to an aromatic ring is 1. The van der Waals surface area contributed by atoms with Crippen LogP contribution in [0.5, 0.6) is 0 Å². The molecule has 0 radical (unpaired) electrons. The number of carbonyl (C=O) groups excluding carboxylic acids is 2. The van der Waals surface area contributed by atoms with Crippen molar-refractivity contribution in [2.75, 3.05) is 16.8 Å². The molecule has 1 amide bonds. The number of benzene rings is 2. The minimum absolute atomic E-state index is 0.0196. The number of hydrogen-bond donors (Lipinski definition) is 2. The molecular formula is C17H18N2O2S. The van der Waals surface area contributed by atoms with E-state index in [2.05, 4.69) is 5.32 Å². The Morgan fingerprint density at radius 3 is 2.55 bits per heavy atom. The molecule has 0 bridgehead atoms. The maximum atomic E-state index is 11.9. The summed E-state index contributed by atoms with van der Waals surface area (Å²) in [7, 11) is 0. The molecule has 4 nitrogen and oxygen atoms in total. The highest BCUT2D eigenvalue weighted by molar-refractivity contribution is 7.99. The molecule has 0 fully saturated rings. The van der Waals surface area contributed by atoms with E-state index in [4.69, 9.17) is 5.73 Å². The molecule has 2 aromatic rings. The Morgan fingerprint density at radius 1 is 1.14 bits per heavy atom. The fourth-order valence-electron chi connectivity index (χ4n) is 1.89. The second-order valence-corrected chi connectivity index (χ2v) is 5.91. The molecule has 0 aliphatic carbocycles. The third-order valence-corrected chi connectivity index (χ3v) is 4.04. The zero-order chi connectivity index (χ0) is 15.9. The average Bonchev–Trinajstić information content (AvgIpc) is 2.49. The standard InChI is InChI=1S/C17H18N2O2S/c1-12(20)14-3-2-4-16(9-14)19-17(21)11-22-10-13-5-7-15(18)8-6-13/h2-9H,10-11,18H2,1H3,(H,19,21). The van der Waals surface area contributed by atoms with Gasteiger partial charge in [-0.2, -0.15) is 0 Å². The van der Waals surface area contributed by atoms with Crippen molar-refractivity contribution in [3.05, 3.63) is 59.7 Å². The van der Waals surface area contributed by atoms with Gasteiger partial charge in [0.05, 0.1) is 5.75 Å². The first-order valence-electron chi connectivity index (χ1n) is 6.87. The highest BCUT2D eigenvalue weighted by Crippen LogP contribution is 2.15. The molecule has 22 heavy (non-hydrogen) atoms. The topological polar surface area (TPSA) is 72.2 Å². The first kappa shape index (κ1) is 16.1. The summed E-state index contributed by atoms with van der Waals surface area (Å²) in [5.74, 6) is 1.01. The summed E-state index contributed by atoms with van der Waals surface area (Å²) in [4.78, 5) is 23.2. The second-order valence-electron chi connectivity index (χ2n) is 4.92.